The fourth-order valence-corrected chi connectivity index (χ4v) is 3.89. The Morgan fingerprint density at radius 3 is 2.50 bits per heavy atom. The Labute approximate surface area is 151 Å². The summed E-state index contributed by atoms with van der Waals surface area (Å²) in [5.74, 6) is -2.80. The molecule has 0 N–H and O–H groups in total. The van der Waals surface area contributed by atoms with Crippen LogP contribution < -0.4 is 0 Å². The number of hydrogen-bond donors (Lipinski definition) is 0. The van der Waals surface area contributed by atoms with Gasteiger partial charge in [0.25, 0.3) is 0 Å². The van der Waals surface area contributed by atoms with Crippen molar-refractivity contribution < 1.29 is 40.3 Å². The van der Waals surface area contributed by atoms with Gasteiger partial charge in [-0.1, -0.05) is 17.7 Å². The van der Waals surface area contributed by atoms with Crippen molar-refractivity contribution in [1.82, 2.24) is 4.31 Å². The van der Waals surface area contributed by atoms with Crippen LogP contribution in [0.1, 0.15) is 13.3 Å². The Morgan fingerprint density at radius 2 is 2.00 bits per heavy atom. The quantitative estimate of drug-likeness (QED) is 0.367. The zero-order chi connectivity index (χ0) is 20.1. The predicted octanol–water partition coefficient (Wildman–Crippen LogP) is 2.55. The van der Waals surface area contributed by atoms with Crippen molar-refractivity contribution in [2.24, 2.45) is 0 Å². The lowest BCUT2D eigenvalue weighted by molar-refractivity contribution is -0.181. The summed E-state index contributed by atoms with van der Waals surface area (Å²) >= 11 is 5.47. The molecule has 26 heavy (non-hydrogen) atoms. The van der Waals surface area contributed by atoms with Gasteiger partial charge in [0.15, 0.2) is 5.82 Å². The van der Waals surface area contributed by atoms with Gasteiger partial charge in [-0.25, -0.2) is 12.8 Å². The molecule has 0 saturated carbocycles. The maximum atomic E-state index is 14.0. The molecule has 1 atom stereocenters. The van der Waals surface area contributed by atoms with Crippen LogP contribution in [-0.4, -0.2) is 50.3 Å². The molecule has 0 amide bonds. The summed E-state index contributed by atoms with van der Waals surface area (Å²) in [4.78, 5) is 21.1. The van der Waals surface area contributed by atoms with Gasteiger partial charge < -0.3 is 9.53 Å². The van der Waals surface area contributed by atoms with Crippen molar-refractivity contribution in [2.45, 2.75) is 30.5 Å². The monoisotopic (exact) mass is 419 g/mol. The second-order valence-electron chi connectivity index (χ2n) is 4.86. The summed E-state index contributed by atoms with van der Waals surface area (Å²) in [6, 6.07) is -0.202. The fraction of sp³-hybridized carbons (Fsp3) is 0.429. The van der Waals surface area contributed by atoms with E-state index in [4.69, 9.17) is 11.6 Å². The van der Waals surface area contributed by atoms with Gasteiger partial charge >= 0.3 is 12.1 Å². The largest absolute Gasteiger partial charge is 0.466 e. The number of hydrogen-bond acceptors (Lipinski definition) is 5. The second kappa shape index (κ2) is 8.78. The Bertz CT molecular complexity index is 769. The van der Waals surface area contributed by atoms with E-state index in [9.17, 15) is 35.6 Å². The number of esters is 1. The fourth-order valence-electron chi connectivity index (χ4n) is 2.03. The van der Waals surface area contributed by atoms with Crippen LogP contribution in [0.5, 0.6) is 0 Å². The third kappa shape index (κ3) is 5.15. The van der Waals surface area contributed by atoms with Gasteiger partial charge in [0.05, 0.1) is 24.6 Å². The molecule has 0 aliphatic heterocycles. The van der Waals surface area contributed by atoms with Gasteiger partial charge in [-0.05, 0) is 19.1 Å². The molecule has 0 radical (unpaired) electrons. The highest BCUT2D eigenvalue weighted by Crippen LogP contribution is 2.33. The number of nitrogens with zero attached hydrogens (tertiary/aromatic N) is 1. The summed E-state index contributed by atoms with van der Waals surface area (Å²) in [5.41, 5.74) is 0. The standard InChI is InChI=1S/C14H14ClF4NO5S/c1-2-25-12(22)8-11(14(17,18)19)20(6-7-21)26(23,24)10-5-3-4-9(15)13(10)16/h3-5,7,11H,2,6,8H2,1H3/t11-/m1/s1. The SMILES string of the molecule is CCOC(=O)C[C@@H](N(CC=O)S(=O)(=O)c1cccc(Cl)c1F)C(F)(F)F. The molecule has 1 rings (SSSR count). The zero-order valence-corrected chi connectivity index (χ0v) is 14.9. The number of carbonyl (C=O) groups is 2. The highest BCUT2D eigenvalue weighted by Gasteiger charge is 2.50. The molecule has 0 spiro atoms. The van der Waals surface area contributed by atoms with Crippen molar-refractivity contribution >= 4 is 33.9 Å². The van der Waals surface area contributed by atoms with Crippen molar-refractivity contribution in [2.75, 3.05) is 13.2 Å². The van der Waals surface area contributed by atoms with E-state index in [0.29, 0.717) is 6.07 Å². The average Bonchev–Trinajstić information content (AvgIpc) is 2.52. The lowest BCUT2D eigenvalue weighted by Crippen LogP contribution is -2.50. The first-order valence-corrected chi connectivity index (χ1v) is 8.90. The number of rotatable bonds is 8. The van der Waals surface area contributed by atoms with E-state index >= 15 is 0 Å². The molecule has 0 unspecified atom stereocenters. The topological polar surface area (TPSA) is 80.8 Å². The molecule has 0 saturated heterocycles. The third-order valence-electron chi connectivity index (χ3n) is 3.15. The minimum atomic E-state index is -5.22. The molecule has 0 aliphatic rings. The molecule has 0 aromatic heterocycles. The van der Waals surface area contributed by atoms with E-state index in [0.717, 1.165) is 12.1 Å². The molecule has 1 aromatic rings. The van der Waals surface area contributed by atoms with Crippen LogP contribution >= 0.6 is 11.6 Å². The smallest absolute Gasteiger partial charge is 0.405 e. The first-order valence-electron chi connectivity index (χ1n) is 7.08. The number of sulfonamides is 1. The van der Waals surface area contributed by atoms with E-state index < -0.39 is 56.9 Å². The molecule has 1 aromatic carbocycles. The second-order valence-corrected chi connectivity index (χ2v) is 7.13. The van der Waals surface area contributed by atoms with Crippen molar-refractivity contribution in [3.05, 3.63) is 29.0 Å². The van der Waals surface area contributed by atoms with E-state index in [-0.39, 0.29) is 17.2 Å². The lowest BCUT2D eigenvalue weighted by atomic mass is 10.2. The Balaban J connectivity index is 3.47. The van der Waals surface area contributed by atoms with Gasteiger partial charge in [0, 0.05) is 0 Å². The van der Waals surface area contributed by atoms with Crippen LogP contribution in [0.3, 0.4) is 0 Å². The van der Waals surface area contributed by atoms with Crippen LogP contribution in [0.4, 0.5) is 17.6 Å². The first kappa shape index (κ1) is 22.3. The van der Waals surface area contributed by atoms with Gasteiger partial charge in [-0.2, -0.15) is 17.5 Å². The van der Waals surface area contributed by atoms with E-state index in [1.54, 1.807) is 0 Å². The third-order valence-corrected chi connectivity index (χ3v) is 5.33. The number of alkyl halides is 3. The molecule has 0 heterocycles. The Hall–Kier alpha value is -1.72. The predicted molar refractivity (Wildman–Crippen MR) is 82.5 cm³/mol. The van der Waals surface area contributed by atoms with Crippen LogP contribution in [0.25, 0.3) is 0 Å². The molecule has 6 nitrogen and oxygen atoms in total. The molecule has 146 valence electrons. The zero-order valence-electron chi connectivity index (χ0n) is 13.3. The summed E-state index contributed by atoms with van der Waals surface area (Å²) in [6.07, 6.45) is -6.73. The Kier molecular flexibility index (Phi) is 7.54. The molecular formula is C14H14ClF4NO5S. The maximum Gasteiger partial charge on any atom is 0.405 e. The molecule has 0 bridgehead atoms. The number of benzene rings is 1. The van der Waals surface area contributed by atoms with Crippen molar-refractivity contribution in [1.29, 1.82) is 0 Å². The van der Waals surface area contributed by atoms with Gasteiger partial charge in [0.2, 0.25) is 10.0 Å². The van der Waals surface area contributed by atoms with Gasteiger partial charge in [-0.3, -0.25) is 4.79 Å². The lowest BCUT2D eigenvalue weighted by Gasteiger charge is -2.30. The maximum absolute atomic E-state index is 14.0. The van der Waals surface area contributed by atoms with E-state index in [2.05, 4.69) is 4.74 Å². The van der Waals surface area contributed by atoms with Crippen molar-refractivity contribution in [3.63, 3.8) is 0 Å². The first-order chi connectivity index (χ1) is 12.0. The number of carbonyl (C=O) groups excluding carboxylic acids is 2. The summed E-state index contributed by atoms with van der Waals surface area (Å²) < 4.78 is 83.3. The van der Waals surface area contributed by atoms with Crippen molar-refractivity contribution in [3.8, 4) is 0 Å². The minimum absolute atomic E-state index is 0.107. The molecule has 0 fully saturated rings. The molecular weight excluding hydrogens is 406 g/mol. The van der Waals surface area contributed by atoms with Gasteiger partial charge in [-0.15, -0.1) is 0 Å². The van der Waals surface area contributed by atoms with Crippen LogP contribution in [0.15, 0.2) is 23.1 Å². The van der Waals surface area contributed by atoms with E-state index in [1.165, 1.54) is 6.92 Å². The summed E-state index contributed by atoms with van der Waals surface area (Å²) in [5, 5.41) is -0.633. The van der Waals surface area contributed by atoms with Crippen LogP contribution in [-0.2, 0) is 24.3 Å². The normalized spacial score (nSPS) is 13.5. The summed E-state index contributed by atoms with van der Waals surface area (Å²) in [6.45, 7) is -0.133. The summed E-state index contributed by atoms with van der Waals surface area (Å²) in [7, 11) is -5.14. The number of aldehydes is 1. The average molecular weight is 420 g/mol. The minimum Gasteiger partial charge on any atom is -0.466 e. The number of ether oxygens (including phenoxy) is 1. The number of halogens is 5. The highest BCUT2D eigenvalue weighted by molar-refractivity contribution is 7.89. The molecule has 0 aliphatic carbocycles. The van der Waals surface area contributed by atoms with Gasteiger partial charge in [0.1, 0.15) is 17.2 Å². The Morgan fingerprint density at radius 1 is 1.38 bits per heavy atom. The van der Waals surface area contributed by atoms with Crippen LogP contribution in [0.2, 0.25) is 5.02 Å². The van der Waals surface area contributed by atoms with E-state index in [1.807, 2.05) is 0 Å². The molecule has 12 heteroatoms. The highest BCUT2D eigenvalue weighted by atomic mass is 35.5. The van der Waals surface area contributed by atoms with Crippen LogP contribution in [0, 0.1) is 5.82 Å².